The quantitative estimate of drug-likeness (QED) is 0.847. The molecule has 1 aliphatic rings. The number of benzene rings is 1. The zero-order chi connectivity index (χ0) is 12.3. The average molecular weight is 252 g/mol. The van der Waals surface area contributed by atoms with Gasteiger partial charge in [-0.3, -0.25) is 0 Å². The highest BCUT2D eigenvalue weighted by atomic mass is 35.5. The molecule has 0 bridgehead atoms. The Kier molecular flexibility index (Phi) is 4.47. The second-order valence-electron chi connectivity index (χ2n) is 5.59. The average Bonchev–Trinajstić information content (AvgIpc) is 2.27. The van der Waals surface area contributed by atoms with Crippen molar-refractivity contribution in [3.63, 3.8) is 0 Å². The third-order valence-electron chi connectivity index (χ3n) is 3.72. The SMILES string of the molecule is CC1CC(C)CC(NCc2ccccc2Cl)C1. The first-order chi connectivity index (χ1) is 8.15. The first kappa shape index (κ1) is 12.9. The minimum absolute atomic E-state index is 0.657. The first-order valence-electron chi connectivity index (χ1n) is 6.62. The molecule has 0 aromatic heterocycles. The Morgan fingerprint density at radius 1 is 1.12 bits per heavy atom. The van der Waals surface area contributed by atoms with Gasteiger partial charge in [-0.1, -0.05) is 43.6 Å². The Labute approximate surface area is 110 Å². The maximum absolute atomic E-state index is 6.16. The van der Waals surface area contributed by atoms with Gasteiger partial charge in [0.25, 0.3) is 0 Å². The van der Waals surface area contributed by atoms with Gasteiger partial charge in [0.05, 0.1) is 0 Å². The zero-order valence-corrected chi connectivity index (χ0v) is 11.5. The van der Waals surface area contributed by atoms with E-state index in [4.69, 9.17) is 11.6 Å². The van der Waals surface area contributed by atoms with Crippen LogP contribution < -0.4 is 5.32 Å². The summed E-state index contributed by atoms with van der Waals surface area (Å²) in [5.41, 5.74) is 1.21. The molecular formula is C15H22ClN. The van der Waals surface area contributed by atoms with E-state index in [1.54, 1.807) is 0 Å². The van der Waals surface area contributed by atoms with Gasteiger partial charge in [-0.2, -0.15) is 0 Å². The first-order valence-corrected chi connectivity index (χ1v) is 6.99. The van der Waals surface area contributed by atoms with Crippen LogP contribution in [0.25, 0.3) is 0 Å². The smallest absolute Gasteiger partial charge is 0.0450 e. The van der Waals surface area contributed by atoms with Crippen molar-refractivity contribution >= 4 is 11.6 Å². The number of hydrogen-bond acceptors (Lipinski definition) is 1. The van der Waals surface area contributed by atoms with Crippen LogP contribution in [0.2, 0.25) is 5.02 Å². The molecule has 0 heterocycles. The van der Waals surface area contributed by atoms with E-state index in [0.29, 0.717) is 6.04 Å². The van der Waals surface area contributed by atoms with Gasteiger partial charge in [0.2, 0.25) is 0 Å². The van der Waals surface area contributed by atoms with E-state index in [2.05, 4.69) is 31.3 Å². The Hall–Kier alpha value is -0.530. The van der Waals surface area contributed by atoms with Gasteiger partial charge in [-0.15, -0.1) is 0 Å². The summed E-state index contributed by atoms with van der Waals surface area (Å²) in [7, 11) is 0. The summed E-state index contributed by atoms with van der Waals surface area (Å²) in [6, 6.07) is 8.76. The monoisotopic (exact) mass is 251 g/mol. The van der Waals surface area contributed by atoms with Gasteiger partial charge < -0.3 is 5.32 Å². The Bertz CT molecular complexity index is 354. The molecule has 1 aromatic rings. The van der Waals surface area contributed by atoms with Gasteiger partial charge >= 0.3 is 0 Å². The third-order valence-corrected chi connectivity index (χ3v) is 4.09. The maximum atomic E-state index is 6.16. The topological polar surface area (TPSA) is 12.0 Å². The number of halogens is 1. The molecule has 2 unspecified atom stereocenters. The van der Waals surface area contributed by atoms with Gasteiger partial charge in [0, 0.05) is 17.6 Å². The van der Waals surface area contributed by atoms with E-state index in [9.17, 15) is 0 Å². The summed E-state index contributed by atoms with van der Waals surface area (Å²) in [6.07, 6.45) is 3.98. The van der Waals surface area contributed by atoms with Crippen LogP contribution in [-0.2, 0) is 6.54 Å². The lowest BCUT2D eigenvalue weighted by Crippen LogP contribution is -2.35. The minimum atomic E-state index is 0.657. The lowest BCUT2D eigenvalue weighted by atomic mass is 9.80. The largest absolute Gasteiger partial charge is 0.310 e. The van der Waals surface area contributed by atoms with Crippen molar-refractivity contribution in [2.45, 2.75) is 45.7 Å². The van der Waals surface area contributed by atoms with Crippen LogP contribution in [-0.4, -0.2) is 6.04 Å². The van der Waals surface area contributed by atoms with Crippen molar-refractivity contribution in [3.05, 3.63) is 34.9 Å². The zero-order valence-electron chi connectivity index (χ0n) is 10.7. The normalized spacial score (nSPS) is 29.2. The van der Waals surface area contributed by atoms with Crippen molar-refractivity contribution < 1.29 is 0 Å². The summed E-state index contributed by atoms with van der Waals surface area (Å²) in [4.78, 5) is 0. The molecule has 17 heavy (non-hydrogen) atoms. The van der Waals surface area contributed by atoms with E-state index in [1.165, 1.54) is 24.8 Å². The molecule has 2 heteroatoms. The molecule has 1 fully saturated rings. The molecule has 0 aliphatic heterocycles. The molecule has 0 saturated heterocycles. The highest BCUT2D eigenvalue weighted by Crippen LogP contribution is 2.28. The summed E-state index contributed by atoms with van der Waals surface area (Å²) < 4.78 is 0. The lowest BCUT2D eigenvalue weighted by Gasteiger charge is -2.32. The molecular weight excluding hydrogens is 230 g/mol. The summed E-state index contributed by atoms with van der Waals surface area (Å²) in [5, 5.41) is 4.53. The molecule has 0 spiro atoms. The van der Waals surface area contributed by atoms with Crippen LogP contribution >= 0.6 is 11.6 Å². The molecule has 1 aromatic carbocycles. The van der Waals surface area contributed by atoms with Crippen LogP contribution in [0, 0.1) is 11.8 Å². The molecule has 1 aliphatic carbocycles. The number of nitrogens with one attached hydrogen (secondary N) is 1. The van der Waals surface area contributed by atoms with Crippen LogP contribution in [0.3, 0.4) is 0 Å². The van der Waals surface area contributed by atoms with Gasteiger partial charge in [0.15, 0.2) is 0 Å². The van der Waals surface area contributed by atoms with E-state index in [0.717, 1.165) is 23.4 Å². The fourth-order valence-corrected chi connectivity index (χ4v) is 3.21. The second-order valence-corrected chi connectivity index (χ2v) is 5.99. The highest BCUT2D eigenvalue weighted by Gasteiger charge is 2.23. The molecule has 0 radical (unpaired) electrons. The van der Waals surface area contributed by atoms with Gasteiger partial charge in [-0.05, 0) is 42.7 Å². The Balaban J connectivity index is 1.88. The van der Waals surface area contributed by atoms with Crippen molar-refractivity contribution in [3.8, 4) is 0 Å². The second kappa shape index (κ2) is 5.88. The fourth-order valence-electron chi connectivity index (χ4n) is 3.01. The molecule has 1 saturated carbocycles. The number of rotatable bonds is 3. The van der Waals surface area contributed by atoms with Gasteiger partial charge in [0.1, 0.15) is 0 Å². The lowest BCUT2D eigenvalue weighted by molar-refractivity contribution is 0.238. The predicted molar refractivity (Wildman–Crippen MR) is 74.3 cm³/mol. The number of hydrogen-bond donors (Lipinski definition) is 1. The summed E-state index contributed by atoms with van der Waals surface area (Å²) in [5.74, 6) is 1.70. The van der Waals surface area contributed by atoms with Crippen molar-refractivity contribution in [1.82, 2.24) is 5.32 Å². The van der Waals surface area contributed by atoms with Crippen molar-refractivity contribution in [2.24, 2.45) is 11.8 Å². The highest BCUT2D eigenvalue weighted by molar-refractivity contribution is 6.31. The fraction of sp³-hybridized carbons (Fsp3) is 0.600. The summed E-state index contributed by atoms with van der Waals surface area (Å²) in [6.45, 7) is 5.61. The molecule has 1 nitrogen and oxygen atoms in total. The van der Waals surface area contributed by atoms with E-state index < -0.39 is 0 Å². The molecule has 2 rings (SSSR count). The van der Waals surface area contributed by atoms with Crippen molar-refractivity contribution in [1.29, 1.82) is 0 Å². The van der Waals surface area contributed by atoms with Crippen LogP contribution in [0.15, 0.2) is 24.3 Å². The van der Waals surface area contributed by atoms with Crippen LogP contribution in [0.5, 0.6) is 0 Å². The van der Waals surface area contributed by atoms with Gasteiger partial charge in [-0.25, -0.2) is 0 Å². The van der Waals surface area contributed by atoms with E-state index in [1.807, 2.05) is 12.1 Å². The van der Waals surface area contributed by atoms with Crippen molar-refractivity contribution in [2.75, 3.05) is 0 Å². The Morgan fingerprint density at radius 3 is 2.41 bits per heavy atom. The predicted octanol–water partition coefficient (Wildman–Crippen LogP) is 4.25. The maximum Gasteiger partial charge on any atom is 0.0450 e. The molecule has 0 amide bonds. The van der Waals surface area contributed by atoms with Crippen LogP contribution in [0.1, 0.15) is 38.7 Å². The molecule has 94 valence electrons. The standard InChI is InChI=1S/C15H22ClN/c1-11-7-12(2)9-14(8-11)17-10-13-5-3-4-6-15(13)16/h3-6,11-12,14,17H,7-10H2,1-2H3. The minimum Gasteiger partial charge on any atom is -0.310 e. The Morgan fingerprint density at radius 2 is 1.76 bits per heavy atom. The molecule has 2 atom stereocenters. The van der Waals surface area contributed by atoms with E-state index >= 15 is 0 Å². The van der Waals surface area contributed by atoms with E-state index in [-0.39, 0.29) is 0 Å². The molecule has 1 N–H and O–H groups in total. The third kappa shape index (κ3) is 3.72. The van der Waals surface area contributed by atoms with Crippen LogP contribution in [0.4, 0.5) is 0 Å². The summed E-state index contributed by atoms with van der Waals surface area (Å²) >= 11 is 6.16.